The van der Waals surface area contributed by atoms with Crippen LogP contribution in [-0.4, -0.2) is 16.9 Å². The molecule has 1 spiro atoms. The number of carboxylic acids is 1. The number of carboxylic acid groups (broad SMARTS) is 1. The molecule has 3 nitrogen and oxygen atoms in total. The molecule has 23 heavy (non-hydrogen) atoms. The second kappa shape index (κ2) is 3.70. The van der Waals surface area contributed by atoms with Crippen LogP contribution in [0.5, 0.6) is 0 Å². The highest BCUT2D eigenvalue weighted by molar-refractivity contribution is 5.92. The average Bonchev–Trinajstić information content (AvgIpc) is 2.91. The van der Waals surface area contributed by atoms with E-state index in [0.717, 1.165) is 32.1 Å². The molecule has 0 aromatic carbocycles. The van der Waals surface area contributed by atoms with Crippen LogP contribution in [0.2, 0.25) is 0 Å². The molecule has 0 unspecified atom stereocenters. The molecule has 6 aliphatic rings. The number of Topliss-reactive ketones (excluding diaryl/α,β-unsaturated/α-hetero) is 1. The first-order valence-electron chi connectivity index (χ1n) is 9.46. The van der Waals surface area contributed by atoms with Crippen LogP contribution in [0.1, 0.15) is 65.7 Å². The molecule has 3 heteroatoms. The molecule has 6 rings (SSSR count). The van der Waals surface area contributed by atoms with Gasteiger partial charge in [-0.2, -0.15) is 0 Å². The van der Waals surface area contributed by atoms with Gasteiger partial charge in [-0.3, -0.25) is 9.59 Å². The highest BCUT2D eigenvalue weighted by Gasteiger charge is 2.82. The van der Waals surface area contributed by atoms with Gasteiger partial charge in [0.05, 0.1) is 5.41 Å². The van der Waals surface area contributed by atoms with E-state index < -0.39 is 11.4 Å². The predicted molar refractivity (Wildman–Crippen MR) is 85.7 cm³/mol. The Hall–Kier alpha value is -0.860. The van der Waals surface area contributed by atoms with Crippen LogP contribution in [0.3, 0.4) is 0 Å². The van der Waals surface area contributed by atoms with Crippen LogP contribution in [0.4, 0.5) is 0 Å². The van der Waals surface area contributed by atoms with Gasteiger partial charge in [0.1, 0.15) is 5.78 Å². The van der Waals surface area contributed by atoms with Crippen molar-refractivity contribution in [2.24, 2.45) is 45.3 Å². The standard InChI is InChI=1S/C20H28O3/c1-17-6-4-7-18(2,16(22)23)12(17)5-8-20-9-11-13(14(21)15(17)20)19(11,3)10-20/h11-13,15H,4-10H2,1-3H3,(H,22,23)/t11-,12-,13-,15-,17+,18+,19-,20-/m0/s1. The van der Waals surface area contributed by atoms with Crippen molar-refractivity contribution in [1.29, 1.82) is 0 Å². The summed E-state index contributed by atoms with van der Waals surface area (Å²) in [6, 6.07) is 0. The van der Waals surface area contributed by atoms with Gasteiger partial charge >= 0.3 is 5.97 Å². The van der Waals surface area contributed by atoms with E-state index in [9.17, 15) is 14.7 Å². The molecule has 6 saturated carbocycles. The number of hydrogen-bond donors (Lipinski definition) is 1. The fourth-order valence-corrected chi connectivity index (χ4v) is 8.70. The molecule has 0 aromatic heterocycles. The first-order chi connectivity index (χ1) is 10.7. The molecule has 0 radical (unpaired) electrons. The van der Waals surface area contributed by atoms with E-state index in [4.69, 9.17) is 0 Å². The molecule has 126 valence electrons. The van der Waals surface area contributed by atoms with Crippen LogP contribution in [-0.2, 0) is 9.59 Å². The molecular formula is C20H28O3. The highest BCUT2D eigenvalue weighted by atomic mass is 16.4. The van der Waals surface area contributed by atoms with Crippen LogP contribution in [0.25, 0.3) is 0 Å². The molecule has 0 aromatic rings. The Morgan fingerprint density at radius 3 is 2.48 bits per heavy atom. The van der Waals surface area contributed by atoms with E-state index in [1.165, 1.54) is 12.8 Å². The molecule has 0 saturated heterocycles. The van der Waals surface area contributed by atoms with Crippen LogP contribution < -0.4 is 0 Å². The Labute approximate surface area is 138 Å². The third kappa shape index (κ3) is 1.34. The number of rotatable bonds is 1. The molecule has 1 N–H and O–H groups in total. The third-order valence-electron chi connectivity index (χ3n) is 9.47. The zero-order valence-corrected chi connectivity index (χ0v) is 14.5. The van der Waals surface area contributed by atoms with Gasteiger partial charge in [0.15, 0.2) is 0 Å². The minimum absolute atomic E-state index is 0.0877. The Balaban J connectivity index is 1.61. The second-order valence-corrected chi connectivity index (χ2v) is 10.3. The lowest BCUT2D eigenvalue weighted by molar-refractivity contribution is -0.189. The first kappa shape index (κ1) is 14.5. The smallest absolute Gasteiger partial charge is 0.309 e. The van der Waals surface area contributed by atoms with E-state index in [1.54, 1.807) is 0 Å². The minimum atomic E-state index is -0.643. The van der Waals surface area contributed by atoms with Crippen molar-refractivity contribution in [3.8, 4) is 0 Å². The van der Waals surface area contributed by atoms with Gasteiger partial charge in [0, 0.05) is 11.8 Å². The Kier molecular flexibility index (Phi) is 2.33. The van der Waals surface area contributed by atoms with E-state index in [1.807, 2.05) is 6.92 Å². The Morgan fingerprint density at radius 1 is 1.13 bits per heavy atom. The summed E-state index contributed by atoms with van der Waals surface area (Å²) in [4.78, 5) is 25.4. The van der Waals surface area contributed by atoms with Crippen molar-refractivity contribution in [3.05, 3.63) is 0 Å². The van der Waals surface area contributed by atoms with Crippen molar-refractivity contribution in [3.63, 3.8) is 0 Å². The summed E-state index contributed by atoms with van der Waals surface area (Å²) >= 11 is 0. The van der Waals surface area contributed by atoms with Crippen molar-refractivity contribution in [1.82, 2.24) is 0 Å². The minimum Gasteiger partial charge on any atom is -0.481 e. The molecule has 0 amide bonds. The van der Waals surface area contributed by atoms with E-state index in [0.29, 0.717) is 23.0 Å². The zero-order valence-electron chi connectivity index (χ0n) is 14.5. The molecule has 8 atom stereocenters. The maximum atomic E-state index is 13.3. The maximum absolute atomic E-state index is 13.3. The normalized spacial score (nSPS) is 62.5. The van der Waals surface area contributed by atoms with Crippen molar-refractivity contribution < 1.29 is 14.7 Å². The molecule has 0 heterocycles. The quantitative estimate of drug-likeness (QED) is 0.798. The summed E-state index contributed by atoms with van der Waals surface area (Å²) in [7, 11) is 0. The Morgan fingerprint density at radius 2 is 1.87 bits per heavy atom. The third-order valence-corrected chi connectivity index (χ3v) is 9.47. The van der Waals surface area contributed by atoms with Crippen molar-refractivity contribution in [2.45, 2.75) is 65.7 Å². The van der Waals surface area contributed by atoms with Gasteiger partial charge in [-0.25, -0.2) is 0 Å². The summed E-state index contributed by atoms with van der Waals surface area (Å²) in [5.74, 6) is 1.16. The fourth-order valence-electron chi connectivity index (χ4n) is 8.70. The largest absolute Gasteiger partial charge is 0.481 e. The number of ketones is 1. The summed E-state index contributed by atoms with van der Waals surface area (Å²) in [5.41, 5.74) is -0.202. The number of carbonyl (C=O) groups is 2. The Bertz CT molecular complexity index is 641. The van der Waals surface area contributed by atoms with Crippen LogP contribution in [0, 0.1) is 45.3 Å². The summed E-state index contributed by atoms with van der Waals surface area (Å²) in [5, 5.41) is 9.90. The second-order valence-electron chi connectivity index (χ2n) is 10.3. The fraction of sp³-hybridized carbons (Fsp3) is 0.900. The summed E-state index contributed by atoms with van der Waals surface area (Å²) in [6.45, 7) is 6.56. The lowest BCUT2D eigenvalue weighted by Crippen LogP contribution is -2.62. The monoisotopic (exact) mass is 316 g/mol. The topological polar surface area (TPSA) is 54.4 Å². The van der Waals surface area contributed by atoms with E-state index in [2.05, 4.69) is 13.8 Å². The van der Waals surface area contributed by atoms with Gasteiger partial charge in [0.2, 0.25) is 0 Å². The van der Waals surface area contributed by atoms with Gasteiger partial charge < -0.3 is 5.11 Å². The lowest BCUT2D eigenvalue weighted by Gasteiger charge is -2.63. The summed E-state index contributed by atoms with van der Waals surface area (Å²) < 4.78 is 0. The molecule has 6 aliphatic carbocycles. The van der Waals surface area contributed by atoms with Crippen LogP contribution in [0.15, 0.2) is 0 Å². The molecular weight excluding hydrogens is 288 g/mol. The van der Waals surface area contributed by atoms with Crippen LogP contribution >= 0.6 is 0 Å². The molecule has 4 bridgehead atoms. The number of hydrogen-bond acceptors (Lipinski definition) is 2. The van der Waals surface area contributed by atoms with E-state index >= 15 is 0 Å². The zero-order chi connectivity index (χ0) is 16.4. The van der Waals surface area contributed by atoms with Crippen molar-refractivity contribution in [2.75, 3.05) is 0 Å². The van der Waals surface area contributed by atoms with Crippen molar-refractivity contribution >= 4 is 11.8 Å². The molecule has 0 aliphatic heterocycles. The number of fused-ring (bicyclic) bond motifs is 1. The van der Waals surface area contributed by atoms with Gasteiger partial charge in [-0.15, -0.1) is 0 Å². The molecule has 6 fully saturated rings. The maximum Gasteiger partial charge on any atom is 0.309 e. The average molecular weight is 316 g/mol. The number of aliphatic carboxylic acids is 1. The predicted octanol–water partition coefficient (Wildman–Crippen LogP) is 3.91. The van der Waals surface area contributed by atoms with Gasteiger partial charge in [-0.1, -0.05) is 20.3 Å². The SMILES string of the molecule is C[C@@]12CCC[C@@](C)(C(=O)O)[C@H]1CC[C@@]13C[C@H]4[C@@H](C(=O)[C@H]12)[C@@]4(C)C3. The van der Waals surface area contributed by atoms with E-state index in [-0.39, 0.29) is 22.7 Å². The van der Waals surface area contributed by atoms with Gasteiger partial charge in [-0.05, 0) is 73.5 Å². The lowest BCUT2D eigenvalue weighted by atomic mass is 9.39. The van der Waals surface area contributed by atoms with Gasteiger partial charge in [0.25, 0.3) is 0 Å². The summed E-state index contributed by atoms with van der Waals surface area (Å²) in [6.07, 6.45) is 7.37. The number of carbonyl (C=O) groups excluding carboxylic acids is 1. The first-order valence-corrected chi connectivity index (χ1v) is 9.46. The highest BCUT2D eigenvalue weighted by Crippen LogP contribution is 2.84.